The second kappa shape index (κ2) is 6.27. The third-order valence-electron chi connectivity index (χ3n) is 5.57. The lowest BCUT2D eigenvalue weighted by molar-refractivity contribution is -0.140. The van der Waals surface area contributed by atoms with E-state index in [0.29, 0.717) is 12.4 Å². The van der Waals surface area contributed by atoms with Crippen molar-refractivity contribution in [1.82, 2.24) is 5.01 Å². The number of hydrogen-bond donors (Lipinski definition) is 0. The first-order valence-electron chi connectivity index (χ1n) is 9.05. The zero-order valence-electron chi connectivity index (χ0n) is 15.3. The van der Waals surface area contributed by atoms with Gasteiger partial charge in [-0.05, 0) is 37.3 Å². The zero-order valence-corrected chi connectivity index (χ0v) is 15.3. The van der Waals surface area contributed by atoms with E-state index in [-0.39, 0.29) is 35.5 Å². The predicted octanol–water partition coefficient (Wildman–Crippen LogP) is 2.29. The minimum absolute atomic E-state index is 0.170. The summed E-state index contributed by atoms with van der Waals surface area (Å²) < 4.78 is 5.70. The molecule has 4 unspecified atom stereocenters. The molecule has 26 heavy (non-hydrogen) atoms. The van der Waals surface area contributed by atoms with Gasteiger partial charge in [-0.3, -0.25) is 9.59 Å². The van der Waals surface area contributed by atoms with Crippen molar-refractivity contribution in [2.45, 2.75) is 13.3 Å². The van der Waals surface area contributed by atoms with E-state index in [2.05, 4.69) is 17.3 Å². The van der Waals surface area contributed by atoms with E-state index in [1.54, 1.807) is 6.21 Å². The Morgan fingerprint density at radius 2 is 1.85 bits per heavy atom. The highest BCUT2D eigenvalue weighted by atomic mass is 16.5. The Morgan fingerprint density at radius 1 is 1.19 bits per heavy atom. The van der Waals surface area contributed by atoms with E-state index in [1.807, 2.05) is 44.1 Å². The summed E-state index contributed by atoms with van der Waals surface area (Å²) in [6, 6.07) is 5.77. The fourth-order valence-electron chi connectivity index (χ4n) is 4.31. The number of benzene rings is 1. The summed E-state index contributed by atoms with van der Waals surface area (Å²) in [4.78, 5) is 27.4. The molecule has 6 heteroatoms. The molecule has 4 rings (SSSR count). The monoisotopic (exact) mass is 353 g/mol. The third-order valence-corrected chi connectivity index (χ3v) is 5.57. The maximum atomic E-state index is 12.7. The van der Waals surface area contributed by atoms with Crippen LogP contribution in [-0.4, -0.2) is 43.7 Å². The number of hydrogen-bond acceptors (Lipinski definition) is 5. The molecule has 0 radical (unpaired) electrons. The molecule has 0 spiro atoms. The van der Waals surface area contributed by atoms with Crippen LogP contribution in [0.2, 0.25) is 0 Å². The fraction of sp³-hybridized carbons (Fsp3) is 0.450. The molecule has 1 aromatic carbocycles. The van der Waals surface area contributed by atoms with Crippen LogP contribution in [0.5, 0.6) is 5.75 Å². The molecule has 1 saturated heterocycles. The van der Waals surface area contributed by atoms with Crippen molar-refractivity contribution in [3.63, 3.8) is 0 Å². The van der Waals surface area contributed by atoms with Gasteiger partial charge in [0.15, 0.2) is 0 Å². The number of nitrogens with zero attached hydrogens (tertiary/aromatic N) is 3. The minimum Gasteiger partial charge on any atom is -0.493 e. The van der Waals surface area contributed by atoms with Crippen molar-refractivity contribution in [3.8, 4) is 5.75 Å². The van der Waals surface area contributed by atoms with Crippen LogP contribution in [0.1, 0.15) is 18.9 Å². The van der Waals surface area contributed by atoms with E-state index >= 15 is 0 Å². The number of amides is 2. The first kappa shape index (κ1) is 16.8. The normalized spacial score (nSPS) is 29.1. The predicted molar refractivity (Wildman–Crippen MR) is 99.1 cm³/mol. The number of fused-ring (bicyclic) bond motifs is 5. The third kappa shape index (κ3) is 2.52. The highest BCUT2D eigenvalue weighted by Gasteiger charge is 2.59. The van der Waals surface area contributed by atoms with Crippen molar-refractivity contribution in [2.75, 3.05) is 25.6 Å². The molecular formula is C20H23N3O3. The summed E-state index contributed by atoms with van der Waals surface area (Å²) >= 11 is 0. The molecule has 1 aliphatic heterocycles. The molecular weight excluding hydrogens is 330 g/mol. The molecule has 0 N–H and O–H groups in total. The van der Waals surface area contributed by atoms with Gasteiger partial charge in [0.25, 0.3) is 11.8 Å². The van der Waals surface area contributed by atoms with Crippen LogP contribution in [0.4, 0.5) is 5.69 Å². The van der Waals surface area contributed by atoms with Crippen LogP contribution < -0.4 is 9.64 Å². The summed E-state index contributed by atoms with van der Waals surface area (Å²) in [6.45, 7) is 2.44. The van der Waals surface area contributed by atoms with Gasteiger partial charge in [-0.25, -0.2) is 0 Å². The van der Waals surface area contributed by atoms with Crippen LogP contribution in [-0.2, 0) is 9.59 Å². The topological polar surface area (TPSA) is 62.2 Å². The SMILES string of the molecule is CCOc1cc(N(C)C)ccc1C=NN1C(=O)C2C3C=CC(C3)C2C1=O. The van der Waals surface area contributed by atoms with Crippen molar-refractivity contribution >= 4 is 23.7 Å². The van der Waals surface area contributed by atoms with E-state index in [9.17, 15) is 9.59 Å². The number of carbonyl (C=O) groups excluding carboxylic acids is 2. The lowest BCUT2D eigenvalue weighted by Crippen LogP contribution is -2.28. The Hall–Kier alpha value is -2.63. The Morgan fingerprint density at radius 3 is 2.42 bits per heavy atom. The number of carbonyl (C=O) groups is 2. The number of anilines is 1. The molecule has 2 amide bonds. The maximum Gasteiger partial charge on any atom is 0.254 e. The number of hydrazone groups is 1. The van der Waals surface area contributed by atoms with Crippen LogP contribution in [0.3, 0.4) is 0 Å². The Balaban J connectivity index is 1.59. The van der Waals surface area contributed by atoms with E-state index in [4.69, 9.17) is 4.74 Å². The van der Waals surface area contributed by atoms with E-state index in [1.165, 1.54) is 0 Å². The standard InChI is InChI=1S/C20H23N3O3/c1-4-26-16-10-15(22(2)3)8-7-14(16)11-21-23-19(24)17-12-5-6-13(9-12)18(17)20(23)25/h5-8,10-13,17-18H,4,9H2,1-3H3. The van der Waals surface area contributed by atoms with Crippen LogP contribution >= 0.6 is 0 Å². The number of allylic oxidation sites excluding steroid dienone is 2. The Bertz CT molecular complexity index is 785. The first-order chi connectivity index (χ1) is 12.5. The highest BCUT2D eigenvalue weighted by molar-refractivity contribution is 6.06. The summed E-state index contributed by atoms with van der Waals surface area (Å²) in [5.74, 6) is 0.282. The van der Waals surface area contributed by atoms with Crippen LogP contribution in [0.15, 0.2) is 35.5 Å². The Labute approximate surface area is 153 Å². The van der Waals surface area contributed by atoms with Gasteiger partial charge in [0.1, 0.15) is 5.75 Å². The van der Waals surface area contributed by atoms with Gasteiger partial charge in [-0.1, -0.05) is 12.2 Å². The summed E-state index contributed by atoms with van der Waals surface area (Å²) in [5, 5.41) is 5.31. The molecule has 2 aliphatic carbocycles. The van der Waals surface area contributed by atoms with Crippen molar-refractivity contribution in [1.29, 1.82) is 0 Å². The molecule has 1 saturated carbocycles. The van der Waals surface area contributed by atoms with Gasteiger partial charge >= 0.3 is 0 Å². The summed E-state index contributed by atoms with van der Waals surface area (Å²) in [7, 11) is 3.92. The molecule has 3 aliphatic rings. The zero-order chi connectivity index (χ0) is 18.4. The average Bonchev–Trinajstić information content (AvgIpc) is 3.29. The fourth-order valence-corrected chi connectivity index (χ4v) is 4.31. The lowest BCUT2D eigenvalue weighted by Gasteiger charge is -2.16. The van der Waals surface area contributed by atoms with Gasteiger partial charge in [0.2, 0.25) is 0 Å². The van der Waals surface area contributed by atoms with Gasteiger partial charge in [-0.15, -0.1) is 0 Å². The molecule has 0 aromatic heterocycles. The molecule has 1 aromatic rings. The van der Waals surface area contributed by atoms with Gasteiger partial charge in [-0.2, -0.15) is 10.1 Å². The summed E-state index contributed by atoms with van der Waals surface area (Å²) in [6.07, 6.45) is 6.64. The van der Waals surface area contributed by atoms with Gasteiger partial charge < -0.3 is 9.64 Å². The summed E-state index contributed by atoms with van der Waals surface area (Å²) in [5.41, 5.74) is 1.76. The van der Waals surface area contributed by atoms with Crippen molar-refractivity contribution in [2.24, 2.45) is 28.8 Å². The molecule has 4 atom stereocenters. The second-order valence-electron chi connectivity index (χ2n) is 7.28. The first-order valence-corrected chi connectivity index (χ1v) is 9.05. The number of ether oxygens (including phenoxy) is 1. The van der Waals surface area contributed by atoms with Gasteiger partial charge in [0.05, 0.1) is 24.7 Å². The van der Waals surface area contributed by atoms with Gasteiger partial charge in [0, 0.05) is 31.4 Å². The number of rotatable bonds is 5. The van der Waals surface area contributed by atoms with Crippen LogP contribution in [0, 0.1) is 23.7 Å². The smallest absolute Gasteiger partial charge is 0.254 e. The molecule has 2 fully saturated rings. The largest absolute Gasteiger partial charge is 0.493 e. The van der Waals surface area contributed by atoms with Crippen molar-refractivity contribution < 1.29 is 14.3 Å². The van der Waals surface area contributed by atoms with E-state index < -0.39 is 0 Å². The lowest BCUT2D eigenvalue weighted by atomic mass is 9.85. The average molecular weight is 353 g/mol. The number of imide groups is 1. The van der Waals surface area contributed by atoms with E-state index in [0.717, 1.165) is 22.7 Å². The minimum atomic E-state index is -0.225. The highest BCUT2D eigenvalue weighted by Crippen LogP contribution is 2.52. The van der Waals surface area contributed by atoms with Crippen LogP contribution in [0.25, 0.3) is 0 Å². The second-order valence-corrected chi connectivity index (χ2v) is 7.28. The molecule has 6 nitrogen and oxygen atoms in total. The molecule has 136 valence electrons. The van der Waals surface area contributed by atoms with Crippen molar-refractivity contribution in [3.05, 3.63) is 35.9 Å². The Kier molecular flexibility index (Phi) is 4.05. The maximum absolute atomic E-state index is 12.7. The molecule has 1 heterocycles. The molecule has 2 bridgehead atoms. The quantitative estimate of drug-likeness (QED) is 0.463.